The minimum absolute atomic E-state index is 0.00737. The number of nitrogens with zero attached hydrogens (tertiary/aromatic N) is 2. The maximum absolute atomic E-state index is 13.2. The lowest BCUT2D eigenvalue weighted by Crippen LogP contribution is -2.43. The van der Waals surface area contributed by atoms with Gasteiger partial charge in [0.15, 0.2) is 0 Å². The van der Waals surface area contributed by atoms with Crippen LogP contribution >= 0.6 is 11.3 Å². The molecule has 1 aliphatic rings. The first-order valence-electron chi connectivity index (χ1n) is 11.2. The summed E-state index contributed by atoms with van der Waals surface area (Å²) in [7, 11) is 0. The van der Waals surface area contributed by atoms with E-state index in [9.17, 15) is 9.59 Å². The Morgan fingerprint density at radius 1 is 1.00 bits per heavy atom. The van der Waals surface area contributed by atoms with Crippen molar-refractivity contribution in [3.05, 3.63) is 87.9 Å². The lowest BCUT2D eigenvalue weighted by atomic mass is 9.94. The van der Waals surface area contributed by atoms with Crippen LogP contribution in [-0.4, -0.2) is 34.8 Å². The summed E-state index contributed by atoms with van der Waals surface area (Å²) in [5.74, 6) is 0.452. The van der Waals surface area contributed by atoms with E-state index < -0.39 is 0 Å². The predicted octanol–water partition coefficient (Wildman–Crippen LogP) is 5.02. The third-order valence-corrected chi connectivity index (χ3v) is 7.07. The smallest absolute Gasteiger partial charge is 0.253 e. The third kappa shape index (κ3) is 5.07. The monoisotopic (exact) mass is 447 g/mol. The number of carbonyl (C=O) groups is 2. The molecule has 1 fully saturated rings. The van der Waals surface area contributed by atoms with Crippen LogP contribution in [0.1, 0.15) is 65.0 Å². The minimum Gasteiger partial charge on any atom is -0.344 e. The van der Waals surface area contributed by atoms with Gasteiger partial charge in [0.25, 0.3) is 5.91 Å². The van der Waals surface area contributed by atoms with Crippen molar-refractivity contribution in [2.24, 2.45) is 5.92 Å². The molecule has 1 atom stereocenters. The molecule has 1 unspecified atom stereocenters. The second-order valence-corrected chi connectivity index (χ2v) is 9.56. The van der Waals surface area contributed by atoms with Crippen LogP contribution in [0, 0.1) is 5.92 Å². The number of thiophene rings is 1. The molecule has 3 aromatic rings. The lowest BCUT2D eigenvalue weighted by Gasteiger charge is -2.32. The highest BCUT2D eigenvalue weighted by atomic mass is 32.1. The quantitative estimate of drug-likeness (QED) is 0.577. The van der Waals surface area contributed by atoms with Gasteiger partial charge in [-0.1, -0.05) is 44.2 Å². The molecule has 1 aliphatic heterocycles. The van der Waals surface area contributed by atoms with Crippen LogP contribution in [0.5, 0.6) is 0 Å². The van der Waals surface area contributed by atoms with Crippen LogP contribution in [0.15, 0.2) is 66.3 Å². The number of pyridine rings is 1. The number of amides is 2. The number of likely N-dealkylation sites (tertiary alicyclic amines) is 1. The Morgan fingerprint density at radius 3 is 2.25 bits per heavy atom. The zero-order chi connectivity index (χ0) is 22.5. The van der Waals surface area contributed by atoms with Crippen LogP contribution in [0.2, 0.25) is 0 Å². The number of hydrogen-bond acceptors (Lipinski definition) is 4. The van der Waals surface area contributed by atoms with E-state index in [0.29, 0.717) is 37.4 Å². The molecule has 4 rings (SSSR count). The van der Waals surface area contributed by atoms with Gasteiger partial charge in [-0.3, -0.25) is 14.6 Å². The highest BCUT2D eigenvalue weighted by molar-refractivity contribution is 7.10. The Hall–Kier alpha value is -2.99. The van der Waals surface area contributed by atoms with E-state index >= 15 is 0 Å². The summed E-state index contributed by atoms with van der Waals surface area (Å²) in [6.07, 6.45) is 4.61. The number of aromatic nitrogens is 1. The van der Waals surface area contributed by atoms with Crippen LogP contribution in [0.4, 0.5) is 0 Å². The minimum atomic E-state index is -0.153. The van der Waals surface area contributed by atoms with E-state index in [2.05, 4.69) is 54.5 Å². The first kappa shape index (κ1) is 22.2. The van der Waals surface area contributed by atoms with Crippen molar-refractivity contribution in [2.45, 2.75) is 38.6 Å². The van der Waals surface area contributed by atoms with Gasteiger partial charge in [-0.05, 0) is 53.5 Å². The van der Waals surface area contributed by atoms with E-state index in [1.165, 1.54) is 5.56 Å². The van der Waals surface area contributed by atoms with Crippen molar-refractivity contribution < 1.29 is 9.59 Å². The van der Waals surface area contributed by atoms with Gasteiger partial charge < -0.3 is 10.2 Å². The number of carbonyl (C=O) groups excluding carboxylic acids is 2. The van der Waals surface area contributed by atoms with Crippen molar-refractivity contribution in [2.75, 3.05) is 13.1 Å². The lowest BCUT2D eigenvalue weighted by molar-refractivity contribution is -0.126. The summed E-state index contributed by atoms with van der Waals surface area (Å²) in [5, 5.41) is 5.33. The van der Waals surface area contributed by atoms with Crippen molar-refractivity contribution in [3.63, 3.8) is 0 Å². The molecule has 0 spiro atoms. The Kier molecular flexibility index (Phi) is 7.00. The van der Waals surface area contributed by atoms with Crippen LogP contribution in [0.3, 0.4) is 0 Å². The molecule has 2 amide bonds. The molecule has 1 saturated heterocycles. The zero-order valence-electron chi connectivity index (χ0n) is 18.5. The molecule has 2 aromatic heterocycles. The molecular formula is C26H29N3O2S. The van der Waals surface area contributed by atoms with E-state index in [0.717, 1.165) is 10.4 Å². The molecule has 5 nitrogen and oxygen atoms in total. The van der Waals surface area contributed by atoms with Gasteiger partial charge in [-0.15, -0.1) is 11.3 Å². The highest BCUT2D eigenvalue weighted by Gasteiger charge is 2.29. The van der Waals surface area contributed by atoms with E-state index in [4.69, 9.17) is 0 Å². The molecule has 3 heterocycles. The Balaban J connectivity index is 1.41. The standard InChI is InChI=1S/C26H29N3O2S/c1-18(2)19-5-7-20(8-6-19)24(23-4-3-17-32-23)28-25(30)21-11-15-29(16-12-21)26(31)22-9-13-27-14-10-22/h3-10,13-14,17-18,21,24H,11-12,15-16H2,1-2H3,(H,28,30). The Bertz CT molecular complexity index is 1020. The van der Waals surface area contributed by atoms with Crippen molar-refractivity contribution in [1.29, 1.82) is 0 Å². The van der Waals surface area contributed by atoms with Gasteiger partial charge in [0.2, 0.25) is 5.91 Å². The summed E-state index contributed by atoms with van der Waals surface area (Å²) in [4.78, 5) is 32.8. The van der Waals surface area contributed by atoms with Crippen LogP contribution in [0.25, 0.3) is 0 Å². The van der Waals surface area contributed by atoms with E-state index in [-0.39, 0.29) is 23.8 Å². The zero-order valence-corrected chi connectivity index (χ0v) is 19.3. The largest absolute Gasteiger partial charge is 0.344 e. The third-order valence-electron chi connectivity index (χ3n) is 6.13. The maximum atomic E-state index is 13.2. The van der Waals surface area contributed by atoms with Gasteiger partial charge in [-0.25, -0.2) is 0 Å². The van der Waals surface area contributed by atoms with Gasteiger partial charge in [0.1, 0.15) is 0 Å². The number of nitrogens with one attached hydrogen (secondary N) is 1. The SMILES string of the molecule is CC(C)c1ccc(C(NC(=O)C2CCN(C(=O)c3ccncc3)CC2)c2cccs2)cc1. The normalized spacial score (nSPS) is 15.5. The number of benzene rings is 1. The molecule has 0 bridgehead atoms. The van der Waals surface area contributed by atoms with Crippen LogP contribution < -0.4 is 5.32 Å². The first-order valence-corrected chi connectivity index (χ1v) is 12.0. The molecule has 1 aromatic carbocycles. The summed E-state index contributed by atoms with van der Waals surface area (Å²) < 4.78 is 0. The average molecular weight is 448 g/mol. The fourth-order valence-corrected chi connectivity index (χ4v) is 4.93. The summed E-state index contributed by atoms with van der Waals surface area (Å²) >= 11 is 1.65. The predicted molar refractivity (Wildman–Crippen MR) is 128 cm³/mol. The van der Waals surface area contributed by atoms with Gasteiger partial charge in [0, 0.05) is 41.8 Å². The Labute approximate surface area is 193 Å². The Morgan fingerprint density at radius 2 is 1.66 bits per heavy atom. The number of piperidine rings is 1. The summed E-state index contributed by atoms with van der Waals surface area (Å²) in [5.41, 5.74) is 3.03. The van der Waals surface area contributed by atoms with E-state index in [1.54, 1.807) is 35.9 Å². The van der Waals surface area contributed by atoms with Crippen molar-refractivity contribution >= 4 is 23.2 Å². The summed E-state index contributed by atoms with van der Waals surface area (Å²) in [6.45, 7) is 5.54. The maximum Gasteiger partial charge on any atom is 0.253 e. The van der Waals surface area contributed by atoms with E-state index in [1.807, 2.05) is 16.3 Å². The second kappa shape index (κ2) is 10.1. The van der Waals surface area contributed by atoms with Gasteiger partial charge in [-0.2, -0.15) is 0 Å². The average Bonchev–Trinajstić information content (AvgIpc) is 3.37. The van der Waals surface area contributed by atoms with Crippen LogP contribution in [-0.2, 0) is 4.79 Å². The fraction of sp³-hybridized carbons (Fsp3) is 0.346. The molecule has 1 N–H and O–H groups in total. The molecule has 0 radical (unpaired) electrons. The molecule has 0 saturated carbocycles. The molecular weight excluding hydrogens is 418 g/mol. The number of rotatable bonds is 6. The van der Waals surface area contributed by atoms with Gasteiger partial charge in [0.05, 0.1) is 6.04 Å². The molecule has 6 heteroatoms. The second-order valence-electron chi connectivity index (χ2n) is 8.58. The van der Waals surface area contributed by atoms with Gasteiger partial charge >= 0.3 is 0 Å². The topological polar surface area (TPSA) is 62.3 Å². The highest BCUT2D eigenvalue weighted by Crippen LogP contribution is 2.29. The van der Waals surface area contributed by atoms with Crippen molar-refractivity contribution in [1.82, 2.24) is 15.2 Å². The molecule has 0 aliphatic carbocycles. The molecule has 166 valence electrons. The molecule has 32 heavy (non-hydrogen) atoms. The fourth-order valence-electron chi connectivity index (χ4n) is 4.13. The number of hydrogen-bond donors (Lipinski definition) is 1. The van der Waals surface area contributed by atoms with Crippen molar-refractivity contribution in [3.8, 4) is 0 Å². The summed E-state index contributed by atoms with van der Waals surface area (Å²) in [6, 6.07) is 15.9. The first-order chi connectivity index (χ1) is 15.5.